The highest BCUT2D eigenvalue weighted by Crippen LogP contribution is 2.16. The Bertz CT molecular complexity index is 769. The topological polar surface area (TPSA) is 104 Å². The average Bonchev–Trinajstić information content (AvgIpc) is 3.14. The van der Waals surface area contributed by atoms with Crippen molar-refractivity contribution in [2.45, 2.75) is 20.5 Å². The van der Waals surface area contributed by atoms with Crippen molar-refractivity contribution in [3.05, 3.63) is 47.6 Å². The van der Waals surface area contributed by atoms with Crippen molar-refractivity contribution < 1.29 is 19.0 Å². The Balaban J connectivity index is 2.22. The summed E-state index contributed by atoms with van der Waals surface area (Å²) in [6.07, 6.45) is 1.30. The Hall–Kier alpha value is -3.23. The third kappa shape index (κ3) is 4.87. The van der Waals surface area contributed by atoms with Gasteiger partial charge in [-0.15, -0.1) is 0 Å². The van der Waals surface area contributed by atoms with E-state index < -0.39 is 0 Å². The zero-order valence-electron chi connectivity index (χ0n) is 14.5. The van der Waals surface area contributed by atoms with Gasteiger partial charge in [-0.2, -0.15) is 4.98 Å². The van der Waals surface area contributed by atoms with Crippen molar-refractivity contribution in [2.75, 3.05) is 14.2 Å². The minimum absolute atomic E-state index is 0.213. The lowest BCUT2D eigenvalue weighted by Gasteiger charge is -2.08. The van der Waals surface area contributed by atoms with Crippen LogP contribution in [-0.4, -0.2) is 41.5 Å². The van der Waals surface area contributed by atoms with Gasteiger partial charge in [-0.05, 0) is 13.8 Å². The van der Waals surface area contributed by atoms with Crippen LogP contribution in [0, 0.1) is 0 Å². The standard InChI is InChI=1S/C16H19N5O4/c1-11(19-22-3)12(2)20-24-9-13-7-5-6-8-14(13)15(21-23-4)16-17-10-18-25-16/h5-8,10H,9H2,1-4H3/b19-11-,20-12-,21-15-. The molecule has 2 aromatic rings. The molecule has 132 valence electrons. The van der Waals surface area contributed by atoms with E-state index in [0.717, 1.165) is 11.1 Å². The molecule has 0 atom stereocenters. The lowest BCUT2D eigenvalue weighted by molar-refractivity contribution is 0.130. The van der Waals surface area contributed by atoms with E-state index in [1.54, 1.807) is 13.8 Å². The van der Waals surface area contributed by atoms with Crippen molar-refractivity contribution in [3.8, 4) is 0 Å². The summed E-state index contributed by atoms with van der Waals surface area (Å²) in [7, 11) is 2.92. The van der Waals surface area contributed by atoms with Gasteiger partial charge in [0.1, 0.15) is 32.2 Å². The van der Waals surface area contributed by atoms with Crippen LogP contribution in [0.2, 0.25) is 0 Å². The molecular formula is C16H19N5O4. The minimum Gasteiger partial charge on any atom is -0.399 e. The van der Waals surface area contributed by atoms with E-state index in [4.69, 9.17) is 19.0 Å². The molecule has 0 radical (unpaired) electrons. The van der Waals surface area contributed by atoms with Crippen LogP contribution in [0.5, 0.6) is 0 Å². The van der Waals surface area contributed by atoms with E-state index in [2.05, 4.69) is 25.6 Å². The van der Waals surface area contributed by atoms with Crippen LogP contribution < -0.4 is 0 Å². The lowest BCUT2D eigenvalue weighted by Crippen LogP contribution is -2.10. The Labute approximate surface area is 144 Å². The van der Waals surface area contributed by atoms with Gasteiger partial charge >= 0.3 is 0 Å². The molecule has 0 saturated carbocycles. The monoisotopic (exact) mass is 345 g/mol. The zero-order chi connectivity index (χ0) is 18.1. The summed E-state index contributed by atoms with van der Waals surface area (Å²) in [5.74, 6) is 0.247. The molecule has 0 spiro atoms. The van der Waals surface area contributed by atoms with Gasteiger partial charge in [0.2, 0.25) is 0 Å². The van der Waals surface area contributed by atoms with E-state index >= 15 is 0 Å². The Kier molecular flexibility index (Phi) is 6.64. The van der Waals surface area contributed by atoms with Crippen molar-refractivity contribution >= 4 is 17.1 Å². The summed E-state index contributed by atoms with van der Waals surface area (Å²) in [6, 6.07) is 7.49. The molecule has 1 aromatic carbocycles. The molecular weight excluding hydrogens is 326 g/mol. The van der Waals surface area contributed by atoms with Gasteiger partial charge in [0.25, 0.3) is 5.89 Å². The molecule has 1 aromatic heterocycles. The highest BCUT2D eigenvalue weighted by molar-refractivity contribution is 6.40. The molecule has 0 bridgehead atoms. The maximum atomic E-state index is 5.42. The summed E-state index contributed by atoms with van der Waals surface area (Å²) < 4.78 is 5.09. The Morgan fingerprint density at radius 1 is 1.04 bits per heavy atom. The molecule has 9 nitrogen and oxygen atoms in total. The van der Waals surface area contributed by atoms with Crippen molar-refractivity contribution in [1.29, 1.82) is 0 Å². The first-order valence-corrected chi connectivity index (χ1v) is 7.38. The Morgan fingerprint density at radius 3 is 2.44 bits per heavy atom. The highest BCUT2D eigenvalue weighted by atomic mass is 16.6. The quantitative estimate of drug-likeness (QED) is 0.537. The predicted octanol–water partition coefficient (Wildman–Crippen LogP) is 2.38. The van der Waals surface area contributed by atoms with Crippen molar-refractivity contribution in [3.63, 3.8) is 0 Å². The fourth-order valence-corrected chi connectivity index (χ4v) is 1.92. The highest BCUT2D eigenvalue weighted by Gasteiger charge is 2.17. The summed E-state index contributed by atoms with van der Waals surface area (Å²) in [4.78, 5) is 19.0. The fourth-order valence-electron chi connectivity index (χ4n) is 1.92. The maximum absolute atomic E-state index is 5.42. The van der Waals surface area contributed by atoms with Gasteiger partial charge in [0, 0.05) is 11.1 Å². The second-order valence-corrected chi connectivity index (χ2v) is 4.84. The van der Waals surface area contributed by atoms with Crippen LogP contribution in [0.4, 0.5) is 0 Å². The van der Waals surface area contributed by atoms with Gasteiger partial charge in [-0.25, -0.2) is 0 Å². The second kappa shape index (κ2) is 9.16. The van der Waals surface area contributed by atoms with Crippen LogP contribution in [-0.2, 0) is 21.1 Å². The lowest BCUT2D eigenvalue weighted by atomic mass is 10.0. The van der Waals surface area contributed by atoms with Crippen LogP contribution in [0.15, 0.2) is 50.6 Å². The number of hydrogen-bond donors (Lipinski definition) is 0. The van der Waals surface area contributed by atoms with Crippen LogP contribution in [0.3, 0.4) is 0 Å². The number of oxime groups is 3. The Morgan fingerprint density at radius 2 is 1.76 bits per heavy atom. The number of benzene rings is 1. The van der Waals surface area contributed by atoms with Gasteiger partial charge in [0.15, 0.2) is 12.0 Å². The van der Waals surface area contributed by atoms with Crippen molar-refractivity contribution in [1.82, 2.24) is 10.1 Å². The third-order valence-corrected chi connectivity index (χ3v) is 3.19. The first kappa shape index (κ1) is 18.1. The minimum atomic E-state index is 0.213. The smallest absolute Gasteiger partial charge is 0.280 e. The van der Waals surface area contributed by atoms with Crippen LogP contribution >= 0.6 is 0 Å². The molecule has 2 rings (SSSR count). The molecule has 0 aliphatic carbocycles. The second-order valence-electron chi connectivity index (χ2n) is 4.84. The largest absolute Gasteiger partial charge is 0.399 e. The van der Waals surface area contributed by atoms with E-state index in [9.17, 15) is 0 Å². The summed E-state index contributed by atoms with van der Waals surface area (Å²) >= 11 is 0. The fraction of sp³-hybridized carbons (Fsp3) is 0.312. The first-order valence-electron chi connectivity index (χ1n) is 7.38. The maximum Gasteiger partial charge on any atom is 0.280 e. The van der Waals surface area contributed by atoms with Crippen LogP contribution in [0.25, 0.3) is 0 Å². The molecule has 25 heavy (non-hydrogen) atoms. The molecule has 0 amide bonds. The normalized spacial score (nSPS) is 12.9. The molecule has 0 aliphatic heterocycles. The molecule has 1 heterocycles. The number of hydrogen-bond acceptors (Lipinski definition) is 9. The predicted molar refractivity (Wildman–Crippen MR) is 91.4 cm³/mol. The summed E-state index contributed by atoms with van der Waals surface area (Å²) in [6.45, 7) is 3.77. The van der Waals surface area contributed by atoms with Gasteiger partial charge in [-0.1, -0.05) is 44.9 Å². The van der Waals surface area contributed by atoms with E-state index in [1.165, 1.54) is 20.5 Å². The summed E-state index contributed by atoms with van der Waals surface area (Å²) in [5.41, 5.74) is 3.22. The zero-order valence-corrected chi connectivity index (χ0v) is 14.5. The van der Waals surface area contributed by atoms with E-state index in [1.807, 2.05) is 24.3 Å². The van der Waals surface area contributed by atoms with Gasteiger partial charge in [-0.3, -0.25) is 0 Å². The SMILES string of the molecule is CO/N=C(C)\C(C)=N/OCc1ccccc1/C(=N/OC)c1ncno1. The molecule has 9 heteroatoms. The molecule has 0 saturated heterocycles. The number of rotatable bonds is 8. The number of aromatic nitrogens is 2. The summed E-state index contributed by atoms with van der Waals surface area (Å²) in [5, 5.41) is 15.4. The van der Waals surface area contributed by atoms with Gasteiger partial charge in [0.05, 0.1) is 0 Å². The van der Waals surface area contributed by atoms with Crippen molar-refractivity contribution in [2.24, 2.45) is 15.5 Å². The third-order valence-electron chi connectivity index (χ3n) is 3.19. The van der Waals surface area contributed by atoms with Gasteiger partial charge < -0.3 is 19.0 Å². The molecule has 0 fully saturated rings. The molecule has 0 unspecified atom stereocenters. The number of nitrogens with zero attached hydrogens (tertiary/aromatic N) is 5. The van der Waals surface area contributed by atoms with Crippen LogP contribution in [0.1, 0.15) is 30.9 Å². The molecule has 0 N–H and O–H groups in total. The molecule has 0 aliphatic rings. The first-order chi connectivity index (χ1) is 12.2. The van der Waals surface area contributed by atoms with E-state index in [-0.39, 0.29) is 12.5 Å². The average molecular weight is 345 g/mol. The van der Waals surface area contributed by atoms with E-state index in [0.29, 0.717) is 17.1 Å².